The molecule has 1 atom stereocenters. The predicted molar refractivity (Wildman–Crippen MR) is 65.5 cm³/mol. The summed E-state index contributed by atoms with van der Waals surface area (Å²) in [6, 6.07) is 4.02. The highest BCUT2D eigenvalue weighted by Gasteiger charge is 2.44. The topological polar surface area (TPSA) is 34.1 Å². The Morgan fingerprint density at radius 2 is 2.50 bits per heavy atom. The van der Waals surface area contributed by atoms with Crippen molar-refractivity contribution in [3.63, 3.8) is 0 Å². The number of hydrogen-bond donors (Lipinski definition) is 1. The quantitative estimate of drug-likeness (QED) is 0.861. The summed E-state index contributed by atoms with van der Waals surface area (Å²) >= 11 is 2.07. The fourth-order valence-electron chi connectivity index (χ4n) is 2.26. The molecular formula is C12H16N2OS. The molecule has 3 heterocycles. The van der Waals surface area contributed by atoms with Crippen molar-refractivity contribution in [2.24, 2.45) is 0 Å². The number of hydrogen-bond acceptors (Lipinski definition) is 4. The van der Waals surface area contributed by atoms with E-state index in [1.54, 1.807) is 6.20 Å². The molecule has 0 aliphatic carbocycles. The lowest BCUT2D eigenvalue weighted by Gasteiger charge is -2.38. The maximum atomic E-state index is 5.93. The van der Waals surface area contributed by atoms with E-state index in [-0.39, 0.29) is 0 Å². The van der Waals surface area contributed by atoms with E-state index in [2.05, 4.69) is 28.1 Å². The maximum absolute atomic E-state index is 5.93. The second kappa shape index (κ2) is 4.35. The molecule has 1 spiro atoms. The van der Waals surface area contributed by atoms with Gasteiger partial charge >= 0.3 is 0 Å². The highest BCUT2D eigenvalue weighted by Crippen LogP contribution is 2.42. The average Bonchev–Trinajstić information content (AvgIpc) is 2.72. The van der Waals surface area contributed by atoms with Gasteiger partial charge in [-0.05, 0) is 18.1 Å². The molecule has 2 aliphatic heterocycles. The summed E-state index contributed by atoms with van der Waals surface area (Å²) in [5.41, 5.74) is 1.17. The third kappa shape index (κ3) is 2.10. The Balaban J connectivity index is 1.50. The first-order chi connectivity index (χ1) is 7.86. The van der Waals surface area contributed by atoms with Crippen molar-refractivity contribution in [3.8, 4) is 0 Å². The van der Waals surface area contributed by atoms with Gasteiger partial charge in [-0.3, -0.25) is 4.98 Å². The lowest BCUT2D eigenvalue weighted by molar-refractivity contribution is 0.0459. The van der Waals surface area contributed by atoms with E-state index in [0.717, 1.165) is 18.8 Å². The van der Waals surface area contributed by atoms with Crippen LogP contribution in [0.25, 0.3) is 0 Å². The summed E-state index contributed by atoms with van der Waals surface area (Å²) in [6.07, 6.45) is 5.30. The van der Waals surface area contributed by atoms with Crippen LogP contribution in [-0.4, -0.2) is 34.7 Å². The highest BCUT2D eigenvalue weighted by atomic mass is 32.2. The van der Waals surface area contributed by atoms with Crippen molar-refractivity contribution in [2.75, 3.05) is 18.8 Å². The van der Waals surface area contributed by atoms with E-state index < -0.39 is 0 Å². The Labute approximate surface area is 100.0 Å². The zero-order valence-corrected chi connectivity index (χ0v) is 10.0. The lowest BCUT2D eigenvalue weighted by atomic mass is 9.96. The van der Waals surface area contributed by atoms with Gasteiger partial charge in [0.15, 0.2) is 0 Å². The van der Waals surface area contributed by atoms with Gasteiger partial charge in [0.05, 0.1) is 12.7 Å². The van der Waals surface area contributed by atoms with Gasteiger partial charge in [-0.15, -0.1) is 11.8 Å². The summed E-state index contributed by atoms with van der Waals surface area (Å²) in [5.74, 6) is 1.14. The normalized spacial score (nSPS) is 26.9. The molecule has 0 aromatic carbocycles. The zero-order chi connectivity index (χ0) is 10.8. The molecule has 3 nitrogen and oxygen atoms in total. The van der Waals surface area contributed by atoms with Crippen LogP contribution in [0.15, 0.2) is 24.5 Å². The molecule has 0 saturated carbocycles. The fourth-order valence-corrected chi connectivity index (χ4v) is 3.72. The van der Waals surface area contributed by atoms with E-state index in [9.17, 15) is 0 Å². The van der Waals surface area contributed by atoms with E-state index in [0.29, 0.717) is 17.5 Å². The number of thioether (sulfide) groups is 1. The molecule has 2 aliphatic rings. The van der Waals surface area contributed by atoms with Gasteiger partial charge in [-0.2, -0.15) is 0 Å². The van der Waals surface area contributed by atoms with Crippen LogP contribution < -0.4 is 5.32 Å². The van der Waals surface area contributed by atoms with Crippen molar-refractivity contribution < 1.29 is 4.74 Å². The van der Waals surface area contributed by atoms with Crippen LogP contribution in [0.2, 0.25) is 0 Å². The van der Waals surface area contributed by atoms with Crippen LogP contribution in [-0.2, 0) is 11.3 Å². The summed E-state index contributed by atoms with van der Waals surface area (Å²) in [5, 5.41) is 3.35. The smallest absolute Gasteiger partial charge is 0.0736 e. The van der Waals surface area contributed by atoms with Gasteiger partial charge in [0.1, 0.15) is 0 Å². The molecular weight excluding hydrogens is 220 g/mol. The third-order valence-electron chi connectivity index (χ3n) is 3.28. The minimum atomic E-state index is 0.423. The molecule has 16 heavy (non-hydrogen) atoms. The SMILES string of the molecule is c1cncc(COC2CSC3(CNC3)C2)c1. The van der Waals surface area contributed by atoms with E-state index in [1.807, 2.05) is 12.3 Å². The Kier molecular flexibility index (Phi) is 2.88. The van der Waals surface area contributed by atoms with Crippen LogP contribution in [0.5, 0.6) is 0 Å². The summed E-state index contributed by atoms with van der Waals surface area (Å²) < 4.78 is 6.43. The molecule has 0 bridgehead atoms. The first kappa shape index (κ1) is 10.6. The van der Waals surface area contributed by atoms with Gasteiger partial charge in [0.25, 0.3) is 0 Å². The summed E-state index contributed by atoms with van der Waals surface area (Å²) in [4.78, 5) is 4.09. The maximum Gasteiger partial charge on any atom is 0.0736 e. The highest BCUT2D eigenvalue weighted by molar-refractivity contribution is 8.01. The standard InChI is InChI=1S/C12H16N2OS/c1-2-10(5-13-3-1)6-15-11-4-12(16-7-11)8-14-9-12/h1-3,5,11,14H,4,6-9H2. The summed E-state index contributed by atoms with van der Waals surface area (Å²) in [7, 11) is 0. The van der Waals surface area contributed by atoms with Crippen LogP contribution in [0.4, 0.5) is 0 Å². The molecule has 0 amide bonds. The van der Waals surface area contributed by atoms with Crippen LogP contribution in [0, 0.1) is 0 Å². The Morgan fingerprint density at radius 1 is 1.56 bits per heavy atom. The van der Waals surface area contributed by atoms with Gasteiger partial charge in [0.2, 0.25) is 0 Å². The molecule has 1 N–H and O–H groups in total. The van der Waals surface area contributed by atoms with E-state index in [1.165, 1.54) is 12.0 Å². The minimum absolute atomic E-state index is 0.423. The minimum Gasteiger partial charge on any atom is -0.373 e. The number of aromatic nitrogens is 1. The third-order valence-corrected chi connectivity index (χ3v) is 4.88. The molecule has 0 radical (unpaired) electrons. The van der Waals surface area contributed by atoms with Crippen molar-refractivity contribution in [1.82, 2.24) is 10.3 Å². The van der Waals surface area contributed by atoms with Crippen molar-refractivity contribution in [2.45, 2.75) is 23.9 Å². The van der Waals surface area contributed by atoms with Gasteiger partial charge < -0.3 is 10.1 Å². The first-order valence-corrected chi connectivity index (χ1v) is 6.70. The van der Waals surface area contributed by atoms with Gasteiger partial charge in [0, 0.05) is 36.0 Å². The van der Waals surface area contributed by atoms with Crippen LogP contribution in [0.3, 0.4) is 0 Å². The summed E-state index contributed by atoms with van der Waals surface area (Å²) in [6.45, 7) is 3.01. The molecule has 2 saturated heterocycles. The predicted octanol–water partition coefficient (Wildman–Crippen LogP) is 1.45. The molecule has 2 fully saturated rings. The average molecular weight is 236 g/mol. The Hall–Kier alpha value is -0.580. The lowest BCUT2D eigenvalue weighted by Crippen LogP contribution is -2.56. The molecule has 3 rings (SSSR count). The van der Waals surface area contributed by atoms with Crippen molar-refractivity contribution >= 4 is 11.8 Å². The van der Waals surface area contributed by atoms with E-state index >= 15 is 0 Å². The number of ether oxygens (including phenoxy) is 1. The second-order valence-corrected chi connectivity index (χ2v) is 6.08. The first-order valence-electron chi connectivity index (χ1n) is 5.72. The van der Waals surface area contributed by atoms with Crippen molar-refractivity contribution in [3.05, 3.63) is 30.1 Å². The molecule has 1 aromatic rings. The molecule has 4 heteroatoms. The largest absolute Gasteiger partial charge is 0.373 e. The molecule has 1 unspecified atom stereocenters. The second-order valence-electron chi connectivity index (χ2n) is 4.60. The molecule has 86 valence electrons. The molecule has 1 aromatic heterocycles. The fraction of sp³-hybridized carbons (Fsp3) is 0.583. The van der Waals surface area contributed by atoms with Crippen LogP contribution in [0.1, 0.15) is 12.0 Å². The van der Waals surface area contributed by atoms with Crippen molar-refractivity contribution in [1.29, 1.82) is 0 Å². The van der Waals surface area contributed by atoms with Gasteiger partial charge in [-0.25, -0.2) is 0 Å². The number of nitrogens with one attached hydrogen (secondary N) is 1. The number of nitrogens with zero attached hydrogens (tertiary/aromatic N) is 1. The number of pyridine rings is 1. The number of rotatable bonds is 3. The Morgan fingerprint density at radius 3 is 3.12 bits per heavy atom. The van der Waals surface area contributed by atoms with Gasteiger partial charge in [-0.1, -0.05) is 6.07 Å². The van der Waals surface area contributed by atoms with E-state index in [4.69, 9.17) is 4.74 Å². The Bertz CT molecular complexity index is 353. The monoisotopic (exact) mass is 236 g/mol. The zero-order valence-electron chi connectivity index (χ0n) is 9.19. The van der Waals surface area contributed by atoms with Crippen LogP contribution >= 0.6 is 11.8 Å².